The summed E-state index contributed by atoms with van der Waals surface area (Å²) in [6.07, 6.45) is 10.2. The molecule has 0 bridgehead atoms. The van der Waals surface area contributed by atoms with E-state index in [2.05, 4.69) is 15.1 Å². The molecule has 2 heterocycles. The van der Waals surface area contributed by atoms with E-state index in [1.165, 1.54) is 71.1 Å². The normalized spacial score (nSPS) is 32.1. The molecule has 0 spiro atoms. The third-order valence-corrected chi connectivity index (χ3v) is 6.03. The maximum Gasteiger partial charge on any atom is 0.224 e. The van der Waals surface area contributed by atoms with Crippen molar-refractivity contribution in [3.05, 3.63) is 0 Å². The molecule has 0 aromatic rings. The Morgan fingerprint density at radius 1 is 0.955 bits per heavy atom. The van der Waals surface area contributed by atoms with E-state index >= 15 is 0 Å². The zero-order chi connectivity index (χ0) is 14.9. The van der Waals surface area contributed by atoms with Crippen molar-refractivity contribution in [2.75, 3.05) is 32.7 Å². The number of amides is 1. The van der Waals surface area contributed by atoms with Crippen LogP contribution in [0.25, 0.3) is 0 Å². The van der Waals surface area contributed by atoms with Crippen molar-refractivity contribution < 1.29 is 4.79 Å². The zero-order valence-electron chi connectivity index (χ0n) is 13.8. The van der Waals surface area contributed by atoms with E-state index in [9.17, 15) is 4.79 Å². The van der Waals surface area contributed by atoms with Crippen molar-refractivity contribution in [2.24, 2.45) is 11.8 Å². The van der Waals surface area contributed by atoms with E-state index in [0.29, 0.717) is 11.9 Å². The molecule has 22 heavy (non-hydrogen) atoms. The number of carbonyl (C=O) groups is 1. The highest BCUT2D eigenvalue weighted by Crippen LogP contribution is 2.31. The average molecular weight is 305 g/mol. The fraction of sp³-hybridized carbons (Fsp3) is 0.944. The van der Waals surface area contributed by atoms with Crippen molar-refractivity contribution in [3.63, 3.8) is 0 Å². The second kappa shape index (κ2) is 6.48. The smallest absolute Gasteiger partial charge is 0.224 e. The van der Waals surface area contributed by atoms with Gasteiger partial charge in [0, 0.05) is 25.2 Å². The minimum Gasteiger partial charge on any atom is -0.353 e. The Morgan fingerprint density at radius 2 is 1.73 bits per heavy atom. The van der Waals surface area contributed by atoms with Crippen LogP contribution in [0.1, 0.15) is 51.4 Å². The van der Waals surface area contributed by atoms with Crippen LogP contribution < -0.4 is 5.32 Å². The molecule has 2 saturated heterocycles. The monoisotopic (exact) mass is 305 g/mol. The fourth-order valence-corrected chi connectivity index (χ4v) is 4.23. The molecule has 4 rings (SSSR count). The Hall–Kier alpha value is -0.610. The maximum absolute atomic E-state index is 12.3. The van der Waals surface area contributed by atoms with Gasteiger partial charge in [0.2, 0.25) is 5.91 Å². The number of hydrogen-bond acceptors (Lipinski definition) is 3. The van der Waals surface area contributed by atoms with Crippen LogP contribution in [0.3, 0.4) is 0 Å². The van der Waals surface area contributed by atoms with E-state index in [0.717, 1.165) is 24.9 Å². The van der Waals surface area contributed by atoms with Gasteiger partial charge in [-0.25, -0.2) is 0 Å². The molecule has 2 saturated carbocycles. The number of hydrogen-bond donors (Lipinski definition) is 1. The van der Waals surface area contributed by atoms with Gasteiger partial charge in [-0.15, -0.1) is 0 Å². The third kappa shape index (κ3) is 3.83. The Balaban J connectivity index is 1.24. The SMILES string of the molecule is O=C(NC1CC1)C1CCCN(C2CCN(CC3CC3)CC2)C1. The Kier molecular flexibility index (Phi) is 4.40. The van der Waals surface area contributed by atoms with E-state index < -0.39 is 0 Å². The van der Waals surface area contributed by atoms with E-state index in [1.807, 2.05) is 0 Å². The number of rotatable bonds is 5. The molecular formula is C18H31N3O. The van der Waals surface area contributed by atoms with Crippen LogP contribution in [0, 0.1) is 11.8 Å². The summed E-state index contributed by atoms with van der Waals surface area (Å²) in [6, 6.07) is 1.24. The Morgan fingerprint density at radius 3 is 2.41 bits per heavy atom. The van der Waals surface area contributed by atoms with Gasteiger partial charge < -0.3 is 10.2 Å². The van der Waals surface area contributed by atoms with E-state index in [-0.39, 0.29) is 5.92 Å². The summed E-state index contributed by atoms with van der Waals surface area (Å²) in [5.74, 6) is 1.60. The van der Waals surface area contributed by atoms with Crippen LogP contribution >= 0.6 is 0 Å². The van der Waals surface area contributed by atoms with Gasteiger partial charge in [0.15, 0.2) is 0 Å². The summed E-state index contributed by atoms with van der Waals surface area (Å²) in [7, 11) is 0. The second-order valence-electron chi connectivity index (χ2n) is 8.09. The van der Waals surface area contributed by atoms with Crippen molar-refractivity contribution >= 4 is 5.91 Å². The number of nitrogens with one attached hydrogen (secondary N) is 1. The van der Waals surface area contributed by atoms with Crippen LogP contribution in [-0.2, 0) is 4.79 Å². The molecule has 4 aliphatic rings. The van der Waals surface area contributed by atoms with Gasteiger partial charge in [0.05, 0.1) is 5.92 Å². The van der Waals surface area contributed by atoms with Gasteiger partial charge in [0.1, 0.15) is 0 Å². The first kappa shape index (κ1) is 14.9. The predicted molar refractivity (Wildman–Crippen MR) is 87.6 cm³/mol. The fourth-order valence-electron chi connectivity index (χ4n) is 4.23. The van der Waals surface area contributed by atoms with Crippen LogP contribution in [0.4, 0.5) is 0 Å². The standard InChI is InChI=1S/C18H31N3O/c22-18(19-16-5-6-16)15-2-1-9-21(13-15)17-7-10-20(11-8-17)12-14-3-4-14/h14-17H,1-13H2,(H,19,22). The van der Waals surface area contributed by atoms with Gasteiger partial charge in [-0.2, -0.15) is 0 Å². The van der Waals surface area contributed by atoms with Gasteiger partial charge in [0.25, 0.3) is 0 Å². The summed E-state index contributed by atoms with van der Waals surface area (Å²) in [5, 5.41) is 3.21. The molecule has 4 nitrogen and oxygen atoms in total. The van der Waals surface area contributed by atoms with Crippen molar-refractivity contribution in [2.45, 2.75) is 63.5 Å². The topological polar surface area (TPSA) is 35.6 Å². The molecule has 124 valence electrons. The zero-order valence-corrected chi connectivity index (χ0v) is 13.8. The largest absolute Gasteiger partial charge is 0.353 e. The number of nitrogens with zero attached hydrogens (tertiary/aromatic N) is 2. The van der Waals surface area contributed by atoms with Gasteiger partial charge in [-0.1, -0.05) is 0 Å². The molecule has 1 atom stereocenters. The maximum atomic E-state index is 12.3. The first-order valence-electron chi connectivity index (χ1n) is 9.55. The predicted octanol–water partition coefficient (Wildman–Crippen LogP) is 1.85. The van der Waals surface area contributed by atoms with Crippen LogP contribution in [0.15, 0.2) is 0 Å². The highest BCUT2D eigenvalue weighted by Gasteiger charge is 2.34. The third-order valence-electron chi connectivity index (χ3n) is 6.03. The van der Waals surface area contributed by atoms with Crippen LogP contribution in [0.5, 0.6) is 0 Å². The molecule has 2 aliphatic carbocycles. The minimum absolute atomic E-state index is 0.249. The molecule has 0 radical (unpaired) electrons. The lowest BCUT2D eigenvalue weighted by Gasteiger charge is -2.42. The average Bonchev–Trinajstić information content (AvgIpc) is 3.45. The van der Waals surface area contributed by atoms with Gasteiger partial charge in [-0.3, -0.25) is 9.69 Å². The molecule has 0 aromatic carbocycles. The Labute approximate surface area is 134 Å². The lowest BCUT2D eigenvalue weighted by Crippen LogP contribution is -2.51. The van der Waals surface area contributed by atoms with Crippen molar-refractivity contribution in [1.29, 1.82) is 0 Å². The molecule has 1 amide bonds. The highest BCUT2D eigenvalue weighted by molar-refractivity contribution is 5.79. The summed E-state index contributed by atoms with van der Waals surface area (Å²) >= 11 is 0. The van der Waals surface area contributed by atoms with Gasteiger partial charge in [-0.05, 0) is 76.9 Å². The molecular weight excluding hydrogens is 274 g/mol. The van der Waals surface area contributed by atoms with E-state index in [1.54, 1.807) is 0 Å². The second-order valence-corrected chi connectivity index (χ2v) is 8.09. The highest BCUT2D eigenvalue weighted by atomic mass is 16.2. The molecule has 1 unspecified atom stereocenters. The summed E-state index contributed by atoms with van der Waals surface area (Å²) in [5.41, 5.74) is 0. The van der Waals surface area contributed by atoms with Crippen molar-refractivity contribution in [3.8, 4) is 0 Å². The molecule has 1 N–H and O–H groups in total. The lowest BCUT2D eigenvalue weighted by atomic mass is 9.93. The molecule has 2 aliphatic heterocycles. The minimum atomic E-state index is 0.249. The number of likely N-dealkylation sites (tertiary alicyclic amines) is 2. The Bertz CT molecular complexity index is 397. The number of carbonyl (C=O) groups excluding carboxylic acids is 1. The van der Waals surface area contributed by atoms with E-state index in [4.69, 9.17) is 0 Å². The first-order valence-corrected chi connectivity index (χ1v) is 9.55. The van der Waals surface area contributed by atoms with Crippen LogP contribution in [-0.4, -0.2) is 60.5 Å². The number of piperidine rings is 2. The molecule has 0 aromatic heterocycles. The van der Waals surface area contributed by atoms with Crippen molar-refractivity contribution in [1.82, 2.24) is 15.1 Å². The summed E-state index contributed by atoms with van der Waals surface area (Å²) in [4.78, 5) is 17.6. The van der Waals surface area contributed by atoms with Gasteiger partial charge >= 0.3 is 0 Å². The first-order chi connectivity index (χ1) is 10.8. The molecule has 4 fully saturated rings. The quantitative estimate of drug-likeness (QED) is 0.842. The lowest BCUT2D eigenvalue weighted by molar-refractivity contribution is -0.127. The summed E-state index contributed by atoms with van der Waals surface area (Å²) in [6.45, 7) is 6.11. The molecule has 4 heteroatoms. The summed E-state index contributed by atoms with van der Waals surface area (Å²) < 4.78 is 0. The van der Waals surface area contributed by atoms with Crippen LogP contribution in [0.2, 0.25) is 0 Å².